The van der Waals surface area contributed by atoms with E-state index in [0.717, 1.165) is 22.6 Å². The molecule has 0 bridgehead atoms. The van der Waals surface area contributed by atoms with E-state index in [9.17, 15) is 0 Å². The number of methoxy groups -OCH3 is 3. The van der Waals surface area contributed by atoms with Gasteiger partial charge in [-0.3, -0.25) is 0 Å². The number of hydrogen-bond donors (Lipinski definition) is 0. The number of anilines is 1. The summed E-state index contributed by atoms with van der Waals surface area (Å²) in [5.41, 5.74) is 2.80. The van der Waals surface area contributed by atoms with Crippen molar-refractivity contribution in [3.05, 3.63) is 36.4 Å². The standard InChI is InChI=1S/C17H20NO3/c1-18(2)12-9-10-13(16(11-12)20-4)14-7-6-8-15(19-3)17(14)21-5/h6,8-11H,1-5H3. The van der Waals surface area contributed by atoms with Gasteiger partial charge in [-0.25, -0.2) is 0 Å². The molecule has 2 aromatic carbocycles. The second-order valence-corrected chi connectivity index (χ2v) is 4.73. The Morgan fingerprint density at radius 3 is 2.19 bits per heavy atom. The van der Waals surface area contributed by atoms with E-state index in [1.54, 1.807) is 21.3 Å². The van der Waals surface area contributed by atoms with Crippen LogP contribution in [-0.2, 0) is 0 Å². The average Bonchev–Trinajstić information content (AvgIpc) is 2.53. The molecule has 4 nitrogen and oxygen atoms in total. The molecular formula is C17H20NO3. The van der Waals surface area contributed by atoms with Gasteiger partial charge in [0.2, 0.25) is 0 Å². The van der Waals surface area contributed by atoms with Crippen molar-refractivity contribution in [1.29, 1.82) is 0 Å². The van der Waals surface area contributed by atoms with Gasteiger partial charge in [0.05, 0.1) is 21.3 Å². The second kappa shape index (κ2) is 6.39. The van der Waals surface area contributed by atoms with Gasteiger partial charge in [0.1, 0.15) is 5.75 Å². The molecule has 21 heavy (non-hydrogen) atoms. The Kier molecular flexibility index (Phi) is 4.58. The van der Waals surface area contributed by atoms with Crippen LogP contribution >= 0.6 is 0 Å². The maximum absolute atomic E-state index is 5.52. The largest absolute Gasteiger partial charge is 0.496 e. The normalized spacial score (nSPS) is 10.1. The zero-order chi connectivity index (χ0) is 15.4. The first-order valence-electron chi connectivity index (χ1n) is 6.60. The summed E-state index contributed by atoms with van der Waals surface area (Å²) in [7, 11) is 8.88. The highest BCUT2D eigenvalue weighted by Gasteiger charge is 2.16. The number of ether oxygens (including phenoxy) is 3. The van der Waals surface area contributed by atoms with Crippen molar-refractivity contribution in [2.45, 2.75) is 0 Å². The average molecular weight is 286 g/mol. The molecule has 4 heteroatoms. The van der Waals surface area contributed by atoms with Crippen LogP contribution in [0, 0.1) is 6.07 Å². The van der Waals surface area contributed by atoms with Crippen molar-refractivity contribution in [3.63, 3.8) is 0 Å². The van der Waals surface area contributed by atoms with Crippen molar-refractivity contribution < 1.29 is 14.2 Å². The van der Waals surface area contributed by atoms with Gasteiger partial charge in [0.25, 0.3) is 0 Å². The summed E-state index contributed by atoms with van der Waals surface area (Å²) in [4.78, 5) is 2.03. The van der Waals surface area contributed by atoms with Crippen LogP contribution in [0.3, 0.4) is 0 Å². The Labute approximate surface area is 125 Å². The molecule has 0 aliphatic carbocycles. The first-order valence-corrected chi connectivity index (χ1v) is 6.60. The fourth-order valence-corrected chi connectivity index (χ4v) is 2.19. The summed E-state index contributed by atoms with van der Waals surface area (Å²) in [6.07, 6.45) is 0. The van der Waals surface area contributed by atoms with Crippen LogP contribution in [0.2, 0.25) is 0 Å². The molecule has 2 rings (SSSR count). The van der Waals surface area contributed by atoms with Gasteiger partial charge in [0.15, 0.2) is 11.5 Å². The van der Waals surface area contributed by atoms with Gasteiger partial charge in [0, 0.05) is 37.0 Å². The molecule has 0 atom stereocenters. The van der Waals surface area contributed by atoms with Gasteiger partial charge < -0.3 is 19.1 Å². The van der Waals surface area contributed by atoms with E-state index >= 15 is 0 Å². The number of hydrogen-bond acceptors (Lipinski definition) is 4. The number of rotatable bonds is 5. The fourth-order valence-electron chi connectivity index (χ4n) is 2.19. The summed E-state index contributed by atoms with van der Waals surface area (Å²) in [5, 5.41) is 0. The minimum Gasteiger partial charge on any atom is -0.496 e. The summed E-state index contributed by atoms with van der Waals surface area (Å²) >= 11 is 0. The highest BCUT2D eigenvalue weighted by atomic mass is 16.5. The number of benzene rings is 2. The van der Waals surface area contributed by atoms with Crippen LogP contribution in [0.5, 0.6) is 17.2 Å². The van der Waals surface area contributed by atoms with Gasteiger partial charge >= 0.3 is 0 Å². The van der Waals surface area contributed by atoms with Crippen LogP contribution in [0.15, 0.2) is 30.3 Å². The van der Waals surface area contributed by atoms with E-state index in [0.29, 0.717) is 11.5 Å². The van der Waals surface area contributed by atoms with E-state index in [1.165, 1.54) is 0 Å². The Balaban J connectivity index is 2.61. The van der Waals surface area contributed by atoms with Gasteiger partial charge in [-0.1, -0.05) is 0 Å². The minimum atomic E-state index is 0.649. The zero-order valence-electron chi connectivity index (χ0n) is 13.1. The van der Waals surface area contributed by atoms with E-state index < -0.39 is 0 Å². The molecule has 0 fully saturated rings. The first kappa shape index (κ1) is 15.0. The molecule has 0 saturated heterocycles. The molecule has 0 saturated carbocycles. The lowest BCUT2D eigenvalue weighted by Crippen LogP contribution is -2.08. The summed E-state index contributed by atoms with van der Waals surface area (Å²) < 4.78 is 16.3. The van der Waals surface area contributed by atoms with E-state index in [4.69, 9.17) is 14.2 Å². The Hall–Kier alpha value is -2.36. The lowest BCUT2D eigenvalue weighted by molar-refractivity contribution is 0.355. The molecule has 0 aromatic heterocycles. The smallest absolute Gasteiger partial charge is 0.169 e. The van der Waals surface area contributed by atoms with Gasteiger partial charge in [-0.2, -0.15) is 0 Å². The van der Waals surface area contributed by atoms with E-state index in [2.05, 4.69) is 6.07 Å². The van der Waals surface area contributed by atoms with Crippen molar-refractivity contribution in [2.24, 2.45) is 0 Å². The molecule has 0 aliphatic rings. The predicted molar refractivity (Wildman–Crippen MR) is 84.7 cm³/mol. The summed E-state index contributed by atoms with van der Waals surface area (Å²) in [6.45, 7) is 0. The molecule has 0 spiro atoms. The van der Waals surface area contributed by atoms with Crippen LogP contribution in [0.4, 0.5) is 5.69 Å². The van der Waals surface area contributed by atoms with Crippen molar-refractivity contribution in [3.8, 4) is 28.4 Å². The third-order valence-electron chi connectivity index (χ3n) is 3.31. The number of nitrogens with zero attached hydrogens (tertiary/aromatic N) is 1. The van der Waals surface area contributed by atoms with Gasteiger partial charge in [-0.15, -0.1) is 0 Å². The Morgan fingerprint density at radius 2 is 1.62 bits per heavy atom. The summed E-state index contributed by atoms with van der Waals surface area (Å²) in [6, 6.07) is 12.9. The summed E-state index contributed by atoms with van der Waals surface area (Å²) in [5.74, 6) is 2.09. The molecule has 0 N–H and O–H groups in total. The third kappa shape index (κ3) is 2.89. The van der Waals surface area contributed by atoms with Crippen LogP contribution < -0.4 is 19.1 Å². The second-order valence-electron chi connectivity index (χ2n) is 4.73. The van der Waals surface area contributed by atoms with Gasteiger partial charge in [-0.05, 0) is 30.3 Å². The van der Waals surface area contributed by atoms with Crippen LogP contribution in [-0.4, -0.2) is 35.4 Å². The van der Waals surface area contributed by atoms with E-state index in [1.807, 2.05) is 49.3 Å². The molecule has 0 unspecified atom stereocenters. The van der Waals surface area contributed by atoms with Crippen LogP contribution in [0.1, 0.15) is 0 Å². The maximum atomic E-state index is 5.52. The van der Waals surface area contributed by atoms with Crippen molar-refractivity contribution in [1.82, 2.24) is 0 Å². The third-order valence-corrected chi connectivity index (χ3v) is 3.31. The minimum absolute atomic E-state index is 0.649. The molecule has 0 amide bonds. The lowest BCUT2D eigenvalue weighted by Gasteiger charge is -2.18. The highest BCUT2D eigenvalue weighted by Crippen LogP contribution is 2.42. The molecular weight excluding hydrogens is 266 g/mol. The zero-order valence-corrected chi connectivity index (χ0v) is 13.1. The SMILES string of the molecule is COc1cc(N(C)C)ccc1-c1[c]ccc(OC)c1OC. The maximum Gasteiger partial charge on any atom is 0.169 e. The topological polar surface area (TPSA) is 30.9 Å². The first-order chi connectivity index (χ1) is 10.1. The molecule has 1 radical (unpaired) electrons. The highest BCUT2D eigenvalue weighted by molar-refractivity contribution is 5.79. The molecule has 2 aromatic rings. The van der Waals surface area contributed by atoms with Crippen molar-refractivity contribution >= 4 is 5.69 Å². The fraction of sp³-hybridized carbons (Fsp3) is 0.294. The Bertz CT molecular complexity index is 623. The van der Waals surface area contributed by atoms with Crippen molar-refractivity contribution in [2.75, 3.05) is 40.3 Å². The molecule has 111 valence electrons. The predicted octanol–water partition coefficient (Wildman–Crippen LogP) is 3.25. The van der Waals surface area contributed by atoms with Crippen LogP contribution in [0.25, 0.3) is 11.1 Å². The molecule has 0 heterocycles. The monoisotopic (exact) mass is 286 g/mol. The van der Waals surface area contributed by atoms with E-state index in [-0.39, 0.29) is 0 Å². The Morgan fingerprint density at radius 1 is 0.905 bits per heavy atom. The quantitative estimate of drug-likeness (QED) is 0.844. The lowest BCUT2D eigenvalue weighted by atomic mass is 10.0. The molecule has 0 aliphatic heterocycles.